The molecule has 1 aromatic carbocycles. The first-order valence-electron chi connectivity index (χ1n) is 6.64. The summed E-state index contributed by atoms with van der Waals surface area (Å²) in [5, 5.41) is 10.8. The van der Waals surface area contributed by atoms with E-state index in [1.54, 1.807) is 24.3 Å². The largest absolute Gasteiger partial charge is 0.505 e. The number of esters is 2. The first-order chi connectivity index (χ1) is 10.9. The quantitative estimate of drug-likeness (QED) is 0.401. The predicted octanol–water partition coefficient (Wildman–Crippen LogP) is 1.74. The van der Waals surface area contributed by atoms with Crippen molar-refractivity contribution in [3.8, 4) is 5.75 Å². The average molecular weight is 317 g/mol. The van der Waals surface area contributed by atoms with Gasteiger partial charge in [-0.25, -0.2) is 9.59 Å². The minimum atomic E-state index is -0.934. The molecule has 0 aliphatic carbocycles. The zero-order chi connectivity index (χ0) is 17.1. The van der Waals surface area contributed by atoms with E-state index in [-0.39, 0.29) is 17.4 Å². The van der Waals surface area contributed by atoms with Crippen LogP contribution in [0.1, 0.15) is 17.4 Å². The van der Waals surface area contributed by atoms with E-state index in [0.717, 1.165) is 20.3 Å². The van der Waals surface area contributed by atoms with Gasteiger partial charge >= 0.3 is 11.9 Å². The second kappa shape index (κ2) is 6.35. The van der Waals surface area contributed by atoms with Crippen molar-refractivity contribution in [3.63, 3.8) is 0 Å². The number of ether oxygens (including phenoxy) is 2. The van der Waals surface area contributed by atoms with Gasteiger partial charge in [0.25, 0.3) is 0 Å². The Hall–Kier alpha value is -3.09. The third-order valence-electron chi connectivity index (χ3n) is 3.29. The highest BCUT2D eigenvalue weighted by atomic mass is 16.5. The molecule has 1 N–H and O–H groups in total. The van der Waals surface area contributed by atoms with E-state index in [0.29, 0.717) is 10.9 Å². The zero-order valence-electron chi connectivity index (χ0n) is 12.8. The average Bonchev–Trinajstić information content (AvgIpc) is 2.84. The number of para-hydroxylation sites is 1. The first kappa shape index (κ1) is 16.3. The summed E-state index contributed by atoms with van der Waals surface area (Å²) >= 11 is 0. The Morgan fingerprint density at radius 2 is 1.65 bits per heavy atom. The molecule has 0 amide bonds. The van der Waals surface area contributed by atoms with Gasteiger partial charge < -0.3 is 14.6 Å². The molecule has 120 valence electrons. The molecule has 0 spiro atoms. The van der Waals surface area contributed by atoms with Gasteiger partial charge in [-0.3, -0.25) is 9.36 Å². The van der Waals surface area contributed by atoms with Crippen molar-refractivity contribution in [1.29, 1.82) is 0 Å². The van der Waals surface area contributed by atoms with Crippen LogP contribution in [0.2, 0.25) is 0 Å². The van der Waals surface area contributed by atoms with Gasteiger partial charge in [0, 0.05) is 12.3 Å². The molecule has 0 atom stereocenters. The number of hydrogen-bond acceptors (Lipinski definition) is 6. The van der Waals surface area contributed by atoms with E-state index in [1.807, 2.05) is 0 Å². The molecule has 2 rings (SSSR count). The number of aromatic nitrogens is 1. The van der Waals surface area contributed by atoms with Gasteiger partial charge in [-0.1, -0.05) is 12.1 Å². The molecule has 2 aromatic rings. The summed E-state index contributed by atoms with van der Waals surface area (Å²) < 4.78 is 10.3. The number of rotatable bonds is 3. The summed E-state index contributed by atoms with van der Waals surface area (Å²) in [7, 11) is 2.22. The van der Waals surface area contributed by atoms with Gasteiger partial charge in [0.2, 0.25) is 5.91 Å². The summed E-state index contributed by atoms with van der Waals surface area (Å²) in [5.41, 5.74) is 0.0259. The van der Waals surface area contributed by atoms with Crippen LogP contribution in [-0.2, 0) is 19.1 Å². The van der Waals surface area contributed by atoms with Crippen LogP contribution in [-0.4, -0.2) is 41.7 Å². The van der Waals surface area contributed by atoms with Crippen LogP contribution in [0.5, 0.6) is 5.75 Å². The van der Waals surface area contributed by atoms with Gasteiger partial charge in [0.15, 0.2) is 0 Å². The molecule has 7 heteroatoms. The molecule has 1 heterocycles. The zero-order valence-corrected chi connectivity index (χ0v) is 12.8. The molecule has 0 bridgehead atoms. The minimum absolute atomic E-state index is 0.00417. The summed E-state index contributed by atoms with van der Waals surface area (Å²) in [6.07, 6.45) is 1.08. The highest BCUT2D eigenvalue weighted by Crippen LogP contribution is 2.33. The van der Waals surface area contributed by atoms with E-state index in [2.05, 4.69) is 9.47 Å². The van der Waals surface area contributed by atoms with Gasteiger partial charge in [0.05, 0.1) is 25.4 Å². The number of benzene rings is 1. The van der Waals surface area contributed by atoms with Crippen LogP contribution in [0, 0.1) is 0 Å². The fourth-order valence-corrected chi connectivity index (χ4v) is 2.27. The highest BCUT2D eigenvalue weighted by Gasteiger charge is 2.24. The fraction of sp³-hybridized carbons (Fsp3) is 0.188. The summed E-state index contributed by atoms with van der Waals surface area (Å²) in [4.78, 5) is 35.5. The number of hydrogen-bond donors (Lipinski definition) is 1. The molecule has 0 saturated heterocycles. The lowest BCUT2D eigenvalue weighted by molar-refractivity contribution is -0.143. The van der Waals surface area contributed by atoms with Gasteiger partial charge in [0.1, 0.15) is 11.3 Å². The Bertz CT molecular complexity index is 812. The summed E-state index contributed by atoms with van der Waals surface area (Å²) in [6, 6.07) is 6.67. The van der Waals surface area contributed by atoms with E-state index >= 15 is 0 Å². The van der Waals surface area contributed by atoms with E-state index in [9.17, 15) is 19.5 Å². The first-order valence-corrected chi connectivity index (χ1v) is 6.64. The van der Waals surface area contributed by atoms with Gasteiger partial charge in [-0.15, -0.1) is 0 Å². The lowest BCUT2D eigenvalue weighted by Gasteiger charge is -2.06. The van der Waals surface area contributed by atoms with E-state index < -0.39 is 17.5 Å². The van der Waals surface area contributed by atoms with Crippen molar-refractivity contribution < 1.29 is 29.0 Å². The lowest BCUT2D eigenvalue weighted by atomic mass is 10.2. The molecule has 0 saturated carbocycles. The molecule has 0 aliphatic heterocycles. The van der Waals surface area contributed by atoms with Crippen LogP contribution in [0.15, 0.2) is 29.8 Å². The maximum absolute atomic E-state index is 11.9. The smallest absolute Gasteiger partial charge is 0.345 e. The second-order valence-corrected chi connectivity index (χ2v) is 4.65. The van der Waals surface area contributed by atoms with Gasteiger partial charge in [-0.05, 0) is 18.2 Å². The van der Waals surface area contributed by atoms with E-state index in [4.69, 9.17) is 0 Å². The monoisotopic (exact) mass is 317 g/mol. The highest BCUT2D eigenvalue weighted by molar-refractivity contribution is 6.18. The molecule has 0 unspecified atom stereocenters. The van der Waals surface area contributed by atoms with Crippen molar-refractivity contribution in [2.45, 2.75) is 6.92 Å². The molecule has 7 nitrogen and oxygen atoms in total. The van der Waals surface area contributed by atoms with E-state index in [1.165, 1.54) is 11.5 Å². The third kappa shape index (κ3) is 2.80. The molecule has 1 aromatic heterocycles. The summed E-state index contributed by atoms with van der Waals surface area (Å²) in [5.74, 6) is -2.48. The number of nitrogens with zero attached hydrogens (tertiary/aromatic N) is 1. The number of methoxy groups -OCH3 is 2. The molecule has 23 heavy (non-hydrogen) atoms. The molecule has 0 fully saturated rings. The van der Waals surface area contributed by atoms with Crippen molar-refractivity contribution in [2.75, 3.05) is 14.2 Å². The Labute approximate surface area is 131 Å². The maximum atomic E-state index is 11.9. The minimum Gasteiger partial charge on any atom is -0.505 e. The Morgan fingerprint density at radius 1 is 1.09 bits per heavy atom. The van der Waals surface area contributed by atoms with Crippen LogP contribution < -0.4 is 0 Å². The van der Waals surface area contributed by atoms with Crippen LogP contribution >= 0.6 is 0 Å². The Balaban J connectivity index is 2.80. The van der Waals surface area contributed by atoms with Crippen molar-refractivity contribution in [3.05, 3.63) is 35.5 Å². The lowest BCUT2D eigenvalue weighted by Crippen LogP contribution is -2.16. The molecular weight excluding hydrogens is 302 g/mol. The van der Waals surface area contributed by atoms with Crippen LogP contribution in [0.3, 0.4) is 0 Å². The maximum Gasteiger partial charge on any atom is 0.345 e. The Morgan fingerprint density at radius 3 is 2.17 bits per heavy atom. The number of fused-ring (bicyclic) bond motifs is 1. The van der Waals surface area contributed by atoms with Crippen LogP contribution in [0.4, 0.5) is 0 Å². The third-order valence-corrected chi connectivity index (χ3v) is 3.29. The second-order valence-electron chi connectivity index (χ2n) is 4.65. The topological polar surface area (TPSA) is 94.8 Å². The normalized spacial score (nSPS) is 10.2. The van der Waals surface area contributed by atoms with Crippen LogP contribution in [0.25, 0.3) is 17.0 Å². The number of carbonyl (C=O) groups is 3. The molecule has 0 radical (unpaired) electrons. The fourth-order valence-electron chi connectivity index (χ4n) is 2.27. The summed E-state index contributed by atoms with van der Waals surface area (Å²) in [6.45, 7) is 1.30. The standard InChI is InChI=1S/C16H15NO6/c1-9(18)17-12-7-5-4-6-10(12)14(19)13(17)8-11(15(20)22-2)16(21)23-3/h4-8,19H,1-3H3. The van der Waals surface area contributed by atoms with Crippen molar-refractivity contribution in [2.24, 2.45) is 0 Å². The van der Waals surface area contributed by atoms with Crippen molar-refractivity contribution >= 4 is 34.8 Å². The number of carbonyl (C=O) groups excluding carboxylic acids is 3. The van der Waals surface area contributed by atoms with Gasteiger partial charge in [-0.2, -0.15) is 0 Å². The SMILES string of the molecule is COC(=O)C(=Cc1c(O)c2ccccc2n1C(C)=O)C(=O)OC. The van der Waals surface area contributed by atoms with Crippen molar-refractivity contribution in [1.82, 2.24) is 4.57 Å². The Kier molecular flexibility index (Phi) is 4.49. The molecule has 0 aliphatic rings. The number of aromatic hydroxyl groups is 1. The predicted molar refractivity (Wildman–Crippen MR) is 81.9 cm³/mol. The molecular formula is C16H15NO6.